The summed E-state index contributed by atoms with van der Waals surface area (Å²) in [4.78, 5) is 2.63. The van der Waals surface area contributed by atoms with E-state index >= 15 is 0 Å². The molecule has 1 heterocycles. The van der Waals surface area contributed by atoms with Crippen LogP contribution in [0.2, 0.25) is 0 Å². The summed E-state index contributed by atoms with van der Waals surface area (Å²) < 4.78 is 0. The molecule has 126 valence electrons. The maximum Gasteiger partial charge on any atom is 0.0610 e. The molecule has 0 radical (unpaired) electrons. The van der Waals surface area contributed by atoms with Crippen LogP contribution in [0.3, 0.4) is 0 Å². The predicted octanol–water partition coefficient (Wildman–Crippen LogP) is 3.27. The molecule has 1 aliphatic rings. The van der Waals surface area contributed by atoms with Crippen molar-refractivity contribution in [1.29, 1.82) is 0 Å². The minimum Gasteiger partial charge on any atom is -0.394 e. The molecule has 0 aliphatic carbocycles. The van der Waals surface area contributed by atoms with E-state index in [4.69, 9.17) is 0 Å². The molecular weight excluding hydrogens is 260 g/mol. The Morgan fingerprint density at radius 3 is 2.33 bits per heavy atom. The van der Waals surface area contributed by atoms with Crippen LogP contribution in [0, 0.1) is 11.3 Å². The van der Waals surface area contributed by atoms with Crippen LogP contribution in [0.5, 0.6) is 0 Å². The van der Waals surface area contributed by atoms with Gasteiger partial charge in [0, 0.05) is 18.1 Å². The first-order valence-corrected chi connectivity index (χ1v) is 8.77. The minimum absolute atomic E-state index is 0.118. The molecule has 0 amide bonds. The van der Waals surface area contributed by atoms with Crippen molar-refractivity contribution in [2.45, 2.75) is 78.8 Å². The zero-order chi connectivity index (χ0) is 16.1. The molecule has 3 nitrogen and oxygen atoms in total. The summed E-state index contributed by atoms with van der Waals surface area (Å²) >= 11 is 0. The van der Waals surface area contributed by atoms with E-state index < -0.39 is 0 Å². The van der Waals surface area contributed by atoms with Crippen LogP contribution in [-0.2, 0) is 0 Å². The molecule has 2 N–H and O–H groups in total. The number of nitrogens with one attached hydrogen (secondary N) is 1. The molecule has 2 unspecified atom stereocenters. The Bertz CT molecular complexity index is 298. The highest BCUT2D eigenvalue weighted by molar-refractivity contribution is 4.85. The lowest BCUT2D eigenvalue weighted by Crippen LogP contribution is -2.49. The van der Waals surface area contributed by atoms with E-state index in [9.17, 15) is 5.11 Å². The summed E-state index contributed by atoms with van der Waals surface area (Å²) in [6, 6.07) is 0.424. The summed E-state index contributed by atoms with van der Waals surface area (Å²) in [5.74, 6) is 0.850. The monoisotopic (exact) mass is 298 g/mol. The van der Waals surface area contributed by atoms with Gasteiger partial charge in [0.15, 0.2) is 0 Å². The minimum atomic E-state index is -0.118. The van der Waals surface area contributed by atoms with Crippen molar-refractivity contribution in [2.75, 3.05) is 26.2 Å². The molecule has 0 spiro atoms. The van der Waals surface area contributed by atoms with Gasteiger partial charge in [0.05, 0.1) is 6.61 Å². The van der Waals surface area contributed by atoms with Crippen molar-refractivity contribution in [3.8, 4) is 0 Å². The van der Waals surface area contributed by atoms with Gasteiger partial charge in [-0.15, -0.1) is 0 Å². The molecule has 1 rings (SSSR count). The van der Waals surface area contributed by atoms with Gasteiger partial charge >= 0.3 is 0 Å². The first-order valence-electron chi connectivity index (χ1n) is 8.77. The second-order valence-electron chi connectivity index (χ2n) is 8.63. The molecule has 0 saturated carbocycles. The smallest absolute Gasteiger partial charge is 0.0610 e. The Kier molecular flexibility index (Phi) is 7.15. The highest BCUT2D eigenvalue weighted by Gasteiger charge is 2.31. The SMILES string of the molecule is CC(C)NC(C)(CO)CCCCN1CCC(C(C)(C)C)C1. The molecule has 0 aromatic heterocycles. The molecule has 0 aromatic carbocycles. The maximum atomic E-state index is 9.60. The average molecular weight is 299 g/mol. The van der Waals surface area contributed by atoms with E-state index in [1.807, 2.05) is 0 Å². The topological polar surface area (TPSA) is 35.5 Å². The number of unbranched alkanes of at least 4 members (excludes halogenated alkanes) is 1. The van der Waals surface area contributed by atoms with Gasteiger partial charge < -0.3 is 15.3 Å². The van der Waals surface area contributed by atoms with Crippen LogP contribution in [-0.4, -0.2) is 47.8 Å². The van der Waals surface area contributed by atoms with Crippen molar-refractivity contribution in [2.24, 2.45) is 11.3 Å². The Morgan fingerprint density at radius 1 is 1.19 bits per heavy atom. The molecule has 3 heteroatoms. The van der Waals surface area contributed by atoms with Crippen LogP contribution in [0.15, 0.2) is 0 Å². The van der Waals surface area contributed by atoms with Gasteiger partial charge in [-0.2, -0.15) is 0 Å². The quantitative estimate of drug-likeness (QED) is 0.675. The third-order valence-corrected chi connectivity index (χ3v) is 4.94. The Hall–Kier alpha value is -0.120. The van der Waals surface area contributed by atoms with Gasteiger partial charge in [-0.1, -0.05) is 41.0 Å². The number of aliphatic hydroxyl groups is 1. The van der Waals surface area contributed by atoms with E-state index in [0.717, 1.165) is 12.3 Å². The van der Waals surface area contributed by atoms with Gasteiger partial charge in [-0.05, 0) is 50.6 Å². The summed E-state index contributed by atoms with van der Waals surface area (Å²) in [6.45, 7) is 17.5. The van der Waals surface area contributed by atoms with Crippen molar-refractivity contribution >= 4 is 0 Å². The van der Waals surface area contributed by atoms with Crippen molar-refractivity contribution in [3.63, 3.8) is 0 Å². The van der Waals surface area contributed by atoms with Crippen molar-refractivity contribution < 1.29 is 5.11 Å². The maximum absolute atomic E-state index is 9.60. The van der Waals surface area contributed by atoms with E-state index in [0.29, 0.717) is 11.5 Å². The van der Waals surface area contributed by atoms with Crippen LogP contribution in [0.25, 0.3) is 0 Å². The molecule has 0 bridgehead atoms. The van der Waals surface area contributed by atoms with E-state index in [1.54, 1.807) is 0 Å². The highest BCUT2D eigenvalue weighted by Crippen LogP contribution is 2.33. The van der Waals surface area contributed by atoms with Crippen LogP contribution in [0.1, 0.15) is 67.2 Å². The molecule has 21 heavy (non-hydrogen) atoms. The van der Waals surface area contributed by atoms with Gasteiger partial charge in [0.25, 0.3) is 0 Å². The number of hydrogen-bond acceptors (Lipinski definition) is 3. The molecular formula is C18H38N2O. The molecule has 1 fully saturated rings. The summed E-state index contributed by atoms with van der Waals surface area (Å²) in [5.41, 5.74) is 0.332. The van der Waals surface area contributed by atoms with Gasteiger partial charge in [0.2, 0.25) is 0 Å². The van der Waals surface area contributed by atoms with Gasteiger partial charge in [-0.3, -0.25) is 0 Å². The van der Waals surface area contributed by atoms with Crippen molar-refractivity contribution in [3.05, 3.63) is 0 Å². The Balaban J connectivity index is 2.23. The molecule has 2 atom stereocenters. The number of hydrogen-bond donors (Lipinski definition) is 2. The van der Waals surface area contributed by atoms with Gasteiger partial charge in [-0.25, -0.2) is 0 Å². The predicted molar refractivity (Wildman–Crippen MR) is 91.6 cm³/mol. The second kappa shape index (κ2) is 7.94. The highest BCUT2D eigenvalue weighted by atomic mass is 16.3. The fourth-order valence-corrected chi connectivity index (χ4v) is 3.49. The standard InChI is InChI=1S/C18H38N2O/c1-15(2)19-18(6,14-21)10-7-8-11-20-12-9-16(13-20)17(3,4)5/h15-16,19,21H,7-14H2,1-6H3. The largest absolute Gasteiger partial charge is 0.394 e. The van der Waals surface area contributed by atoms with Crippen LogP contribution >= 0.6 is 0 Å². The second-order valence-corrected chi connectivity index (χ2v) is 8.63. The molecule has 0 aromatic rings. The fourth-order valence-electron chi connectivity index (χ4n) is 3.49. The summed E-state index contributed by atoms with van der Waals surface area (Å²) in [5, 5.41) is 13.1. The van der Waals surface area contributed by atoms with E-state index in [1.165, 1.54) is 38.9 Å². The lowest BCUT2D eigenvalue weighted by atomic mass is 9.80. The molecule has 1 aliphatic heterocycles. The number of nitrogens with zero attached hydrogens (tertiary/aromatic N) is 1. The fraction of sp³-hybridized carbons (Fsp3) is 1.00. The third kappa shape index (κ3) is 6.66. The third-order valence-electron chi connectivity index (χ3n) is 4.94. The average Bonchev–Trinajstić information content (AvgIpc) is 2.82. The lowest BCUT2D eigenvalue weighted by molar-refractivity contribution is 0.152. The van der Waals surface area contributed by atoms with Gasteiger partial charge in [0.1, 0.15) is 0 Å². The zero-order valence-corrected chi connectivity index (χ0v) is 15.2. The van der Waals surface area contributed by atoms with Crippen molar-refractivity contribution in [1.82, 2.24) is 10.2 Å². The summed E-state index contributed by atoms with van der Waals surface area (Å²) in [6.07, 6.45) is 4.84. The Morgan fingerprint density at radius 2 is 1.86 bits per heavy atom. The first-order chi connectivity index (χ1) is 9.66. The normalized spacial score (nSPS) is 23.7. The summed E-state index contributed by atoms with van der Waals surface area (Å²) in [7, 11) is 0. The van der Waals surface area contributed by atoms with Crippen LogP contribution < -0.4 is 5.32 Å². The number of aliphatic hydroxyl groups excluding tert-OH is 1. The first kappa shape index (κ1) is 18.9. The zero-order valence-electron chi connectivity index (χ0n) is 15.2. The lowest BCUT2D eigenvalue weighted by Gasteiger charge is -2.31. The van der Waals surface area contributed by atoms with Crippen LogP contribution in [0.4, 0.5) is 0 Å². The molecule has 1 saturated heterocycles. The number of rotatable bonds is 8. The Labute approximate surface area is 132 Å². The van der Waals surface area contributed by atoms with E-state index in [2.05, 4.69) is 51.8 Å². The van der Waals surface area contributed by atoms with E-state index in [-0.39, 0.29) is 12.1 Å². The number of likely N-dealkylation sites (tertiary alicyclic amines) is 1.